The Hall–Kier alpha value is -3.40. The number of ketones is 1. The number of rotatable bonds is 6. The molecule has 0 saturated heterocycles. The van der Waals surface area contributed by atoms with E-state index >= 15 is 0 Å². The summed E-state index contributed by atoms with van der Waals surface area (Å²) >= 11 is 0. The van der Waals surface area contributed by atoms with E-state index in [0.717, 1.165) is 11.3 Å². The van der Waals surface area contributed by atoms with E-state index in [0.29, 0.717) is 23.2 Å². The van der Waals surface area contributed by atoms with E-state index in [9.17, 15) is 9.59 Å². The second-order valence-electron chi connectivity index (χ2n) is 5.80. The van der Waals surface area contributed by atoms with Crippen LogP contribution in [0, 0.1) is 0 Å². The topological polar surface area (TPSA) is 55.4 Å². The van der Waals surface area contributed by atoms with E-state index < -0.39 is 0 Å². The van der Waals surface area contributed by atoms with Crippen molar-refractivity contribution in [1.29, 1.82) is 0 Å². The molecule has 3 rings (SSSR count). The average Bonchev–Trinajstić information content (AvgIpc) is 2.72. The van der Waals surface area contributed by atoms with E-state index in [1.807, 2.05) is 42.5 Å². The molecule has 0 aliphatic rings. The Kier molecular flexibility index (Phi) is 5.44. The summed E-state index contributed by atoms with van der Waals surface area (Å²) in [6, 6.07) is 23.3. The van der Waals surface area contributed by atoms with E-state index in [1.54, 1.807) is 43.5 Å². The standard InChI is InChI=1S/C22H19NO3/c1-26-20-13-7-16(8-14-20)15-23-22(25)19-11-9-18(10-12-19)21(24)17-5-3-2-4-6-17/h2-14H,15H2,1H3,(H,23,25). The predicted octanol–water partition coefficient (Wildman–Crippen LogP) is 3.86. The SMILES string of the molecule is COc1ccc(CNC(=O)c2ccc(C(=O)c3ccccc3)cc2)cc1. The lowest BCUT2D eigenvalue weighted by Gasteiger charge is -2.07. The summed E-state index contributed by atoms with van der Waals surface area (Å²) in [5.74, 6) is 0.536. The van der Waals surface area contributed by atoms with Crippen molar-refractivity contribution in [2.75, 3.05) is 7.11 Å². The quantitative estimate of drug-likeness (QED) is 0.690. The number of carbonyl (C=O) groups excluding carboxylic acids is 2. The Morgan fingerprint density at radius 1 is 0.769 bits per heavy atom. The predicted molar refractivity (Wildman–Crippen MR) is 100 cm³/mol. The number of hydrogen-bond acceptors (Lipinski definition) is 3. The molecule has 1 amide bonds. The van der Waals surface area contributed by atoms with Crippen molar-refractivity contribution in [3.05, 3.63) is 101 Å². The molecule has 0 fully saturated rings. The maximum atomic E-state index is 12.4. The molecule has 3 aromatic rings. The van der Waals surface area contributed by atoms with Crippen LogP contribution >= 0.6 is 0 Å². The van der Waals surface area contributed by atoms with Crippen molar-refractivity contribution < 1.29 is 14.3 Å². The molecule has 3 aromatic carbocycles. The number of ether oxygens (including phenoxy) is 1. The molecule has 4 nitrogen and oxygen atoms in total. The summed E-state index contributed by atoms with van der Waals surface area (Å²) < 4.78 is 5.11. The monoisotopic (exact) mass is 345 g/mol. The first kappa shape index (κ1) is 17.4. The number of amides is 1. The van der Waals surface area contributed by atoms with Crippen LogP contribution in [-0.2, 0) is 6.54 Å². The normalized spacial score (nSPS) is 10.2. The number of hydrogen-bond donors (Lipinski definition) is 1. The molecule has 1 N–H and O–H groups in total. The highest BCUT2D eigenvalue weighted by Crippen LogP contribution is 2.13. The van der Waals surface area contributed by atoms with E-state index in [4.69, 9.17) is 4.74 Å². The molecule has 0 radical (unpaired) electrons. The maximum Gasteiger partial charge on any atom is 0.251 e. The van der Waals surface area contributed by atoms with Crippen LogP contribution in [0.15, 0.2) is 78.9 Å². The molecule has 0 atom stereocenters. The fraction of sp³-hybridized carbons (Fsp3) is 0.0909. The zero-order valence-corrected chi connectivity index (χ0v) is 14.4. The molecule has 0 spiro atoms. The Morgan fingerprint density at radius 3 is 1.96 bits per heavy atom. The fourth-order valence-corrected chi connectivity index (χ4v) is 2.56. The van der Waals surface area contributed by atoms with Gasteiger partial charge in [-0.05, 0) is 29.8 Å². The molecule has 0 aliphatic carbocycles. The molecule has 4 heteroatoms. The lowest BCUT2D eigenvalue weighted by Crippen LogP contribution is -2.22. The third kappa shape index (κ3) is 4.16. The van der Waals surface area contributed by atoms with E-state index in [1.165, 1.54) is 0 Å². The van der Waals surface area contributed by atoms with Crippen molar-refractivity contribution in [3.8, 4) is 5.75 Å². The Labute approximate surface area is 152 Å². The van der Waals surface area contributed by atoms with Gasteiger partial charge in [0.25, 0.3) is 5.91 Å². The summed E-state index contributed by atoms with van der Waals surface area (Å²) in [7, 11) is 1.61. The van der Waals surface area contributed by atoms with Gasteiger partial charge < -0.3 is 10.1 Å². The zero-order chi connectivity index (χ0) is 18.4. The Balaban J connectivity index is 1.62. The molecule has 0 aromatic heterocycles. The van der Waals surface area contributed by atoms with Crippen molar-refractivity contribution in [2.24, 2.45) is 0 Å². The highest BCUT2D eigenvalue weighted by molar-refractivity contribution is 6.09. The van der Waals surface area contributed by atoms with Gasteiger partial charge in [-0.15, -0.1) is 0 Å². The molecule has 26 heavy (non-hydrogen) atoms. The molecule has 130 valence electrons. The first-order chi connectivity index (χ1) is 12.7. The second-order valence-corrected chi connectivity index (χ2v) is 5.80. The van der Waals surface area contributed by atoms with Crippen LogP contribution in [0.25, 0.3) is 0 Å². The molecule has 0 bridgehead atoms. The summed E-state index contributed by atoms with van der Waals surface area (Å²) in [5, 5.41) is 2.87. The first-order valence-corrected chi connectivity index (χ1v) is 8.28. The van der Waals surface area contributed by atoms with Gasteiger partial charge in [0.05, 0.1) is 7.11 Å². The summed E-state index contributed by atoms with van der Waals surface area (Å²) in [6.07, 6.45) is 0. The van der Waals surface area contributed by atoms with Gasteiger partial charge in [-0.1, -0.05) is 54.6 Å². The van der Waals surface area contributed by atoms with Crippen LogP contribution in [-0.4, -0.2) is 18.8 Å². The fourth-order valence-electron chi connectivity index (χ4n) is 2.56. The van der Waals surface area contributed by atoms with Gasteiger partial charge >= 0.3 is 0 Å². The van der Waals surface area contributed by atoms with Crippen LogP contribution in [0.5, 0.6) is 5.75 Å². The average molecular weight is 345 g/mol. The molecule has 0 aliphatic heterocycles. The summed E-state index contributed by atoms with van der Waals surface area (Å²) in [4.78, 5) is 24.7. The smallest absolute Gasteiger partial charge is 0.251 e. The third-order valence-electron chi connectivity index (χ3n) is 4.06. The van der Waals surface area contributed by atoms with Gasteiger partial charge in [-0.2, -0.15) is 0 Å². The Bertz CT molecular complexity index is 885. The first-order valence-electron chi connectivity index (χ1n) is 8.28. The molecule has 0 saturated carbocycles. The van der Waals surface area contributed by atoms with Gasteiger partial charge in [0.15, 0.2) is 5.78 Å². The second kappa shape index (κ2) is 8.12. The largest absolute Gasteiger partial charge is 0.497 e. The van der Waals surface area contributed by atoms with Crippen molar-refractivity contribution >= 4 is 11.7 Å². The molecular weight excluding hydrogens is 326 g/mol. The highest BCUT2D eigenvalue weighted by Gasteiger charge is 2.10. The maximum absolute atomic E-state index is 12.4. The van der Waals surface area contributed by atoms with E-state index in [-0.39, 0.29) is 11.7 Å². The van der Waals surface area contributed by atoms with Crippen LogP contribution in [0.1, 0.15) is 31.8 Å². The summed E-state index contributed by atoms with van der Waals surface area (Å²) in [5.41, 5.74) is 2.69. The van der Waals surface area contributed by atoms with Crippen LogP contribution in [0.2, 0.25) is 0 Å². The van der Waals surface area contributed by atoms with Crippen molar-refractivity contribution in [1.82, 2.24) is 5.32 Å². The van der Waals surface area contributed by atoms with Gasteiger partial charge in [0.1, 0.15) is 5.75 Å². The van der Waals surface area contributed by atoms with E-state index in [2.05, 4.69) is 5.32 Å². The Morgan fingerprint density at radius 2 is 1.35 bits per heavy atom. The minimum atomic E-state index is -0.181. The minimum absolute atomic E-state index is 0.0595. The van der Waals surface area contributed by atoms with Crippen molar-refractivity contribution in [3.63, 3.8) is 0 Å². The third-order valence-corrected chi connectivity index (χ3v) is 4.06. The van der Waals surface area contributed by atoms with Gasteiger partial charge in [-0.3, -0.25) is 9.59 Å². The highest BCUT2D eigenvalue weighted by atomic mass is 16.5. The number of benzene rings is 3. The van der Waals surface area contributed by atoms with Crippen molar-refractivity contribution in [2.45, 2.75) is 6.54 Å². The number of carbonyl (C=O) groups is 2. The van der Waals surface area contributed by atoms with Crippen LogP contribution < -0.4 is 10.1 Å². The molecule has 0 heterocycles. The summed E-state index contributed by atoms with van der Waals surface area (Å²) in [6.45, 7) is 0.424. The molecule has 0 unspecified atom stereocenters. The minimum Gasteiger partial charge on any atom is -0.497 e. The van der Waals surface area contributed by atoms with Gasteiger partial charge in [0, 0.05) is 23.2 Å². The zero-order valence-electron chi connectivity index (χ0n) is 14.4. The van der Waals surface area contributed by atoms with Gasteiger partial charge in [-0.25, -0.2) is 0 Å². The lowest BCUT2D eigenvalue weighted by molar-refractivity contribution is 0.0949. The number of methoxy groups -OCH3 is 1. The molecular formula is C22H19NO3. The van der Waals surface area contributed by atoms with Gasteiger partial charge in [0.2, 0.25) is 0 Å². The van der Waals surface area contributed by atoms with Crippen LogP contribution in [0.3, 0.4) is 0 Å². The number of nitrogens with one attached hydrogen (secondary N) is 1. The lowest BCUT2D eigenvalue weighted by atomic mass is 10.0. The van der Waals surface area contributed by atoms with Crippen LogP contribution in [0.4, 0.5) is 0 Å².